The summed E-state index contributed by atoms with van der Waals surface area (Å²) in [6.45, 7) is 6.96. The van der Waals surface area contributed by atoms with Crippen LogP contribution in [0.25, 0.3) is 0 Å². The number of aromatic nitrogens is 1. The Morgan fingerprint density at radius 3 is 2.59 bits per heavy atom. The second kappa shape index (κ2) is 9.47. The number of halogens is 1. The Labute approximate surface area is 169 Å². The van der Waals surface area contributed by atoms with E-state index >= 15 is 0 Å². The number of Topliss-reactive ketones (excluding diaryl/α,β-unsaturated/α-hetero) is 1. The first kappa shape index (κ1) is 22.3. The first-order valence-corrected chi connectivity index (χ1v) is 9.31. The molecule has 2 aromatic rings. The number of nitrogens with one attached hydrogen (secondary N) is 2. The predicted octanol–water partition coefficient (Wildman–Crippen LogP) is 3.09. The second-order valence-corrected chi connectivity index (χ2v) is 6.86. The Morgan fingerprint density at radius 2 is 1.97 bits per heavy atom. The highest BCUT2D eigenvalue weighted by Gasteiger charge is 2.28. The minimum Gasteiger partial charge on any atom is -0.462 e. The van der Waals surface area contributed by atoms with Crippen molar-refractivity contribution in [3.05, 3.63) is 52.6 Å². The third-order valence-electron chi connectivity index (χ3n) is 4.71. The van der Waals surface area contributed by atoms with E-state index < -0.39 is 17.8 Å². The van der Waals surface area contributed by atoms with E-state index in [-0.39, 0.29) is 24.8 Å². The summed E-state index contributed by atoms with van der Waals surface area (Å²) in [7, 11) is 1.64. The monoisotopic (exact) mass is 403 g/mol. The summed E-state index contributed by atoms with van der Waals surface area (Å²) in [5, 5.41) is 2.60. The minimum absolute atomic E-state index is 0.0626. The number of ketones is 1. The van der Waals surface area contributed by atoms with Crippen LogP contribution in [0, 0.1) is 19.7 Å². The lowest BCUT2D eigenvalue weighted by atomic mass is 10.0. The van der Waals surface area contributed by atoms with Gasteiger partial charge in [0.05, 0.1) is 30.5 Å². The van der Waals surface area contributed by atoms with Gasteiger partial charge in [-0.05, 0) is 58.5 Å². The summed E-state index contributed by atoms with van der Waals surface area (Å²) in [6.07, 6.45) is 0. The van der Waals surface area contributed by atoms with E-state index in [1.165, 1.54) is 18.2 Å². The fourth-order valence-electron chi connectivity index (χ4n) is 3.05. The van der Waals surface area contributed by atoms with Crippen LogP contribution < -0.4 is 5.32 Å². The predicted molar refractivity (Wildman–Crippen MR) is 108 cm³/mol. The average molecular weight is 403 g/mol. The molecular formula is C21H26FN3O4. The fraction of sp³-hybridized carbons (Fsp3) is 0.381. The smallest absolute Gasteiger partial charge is 0.340 e. The molecule has 1 aromatic heterocycles. The lowest BCUT2D eigenvalue weighted by Gasteiger charge is -2.23. The molecule has 1 heterocycles. The van der Waals surface area contributed by atoms with Crippen molar-refractivity contribution < 1.29 is 23.5 Å². The van der Waals surface area contributed by atoms with E-state index in [9.17, 15) is 18.8 Å². The first-order valence-electron chi connectivity index (χ1n) is 9.31. The molecule has 0 saturated carbocycles. The normalized spacial score (nSPS) is 12.0. The van der Waals surface area contributed by atoms with Crippen molar-refractivity contribution in [2.24, 2.45) is 0 Å². The molecule has 0 unspecified atom stereocenters. The number of hydrogen-bond donors (Lipinski definition) is 2. The van der Waals surface area contributed by atoms with Gasteiger partial charge in [0, 0.05) is 11.4 Å². The third kappa shape index (κ3) is 5.29. The van der Waals surface area contributed by atoms with Gasteiger partial charge in [0.15, 0.2) is 5.78 Å². The number of anilines is 1. The molecule has 0 aliphatic heterocycles. The van der Waals surface area contributed by atoms with Crippen LogP contribution >= 0.6 is 0 Å². The van der Waals surface area contributed by atoms with E-state index in [1.54, 1.807) is 45.7 Å². The molecule has 0 saturated heterocycles. The largest absolute Gasteiger partial charge is 0.462 e. The van der Waals surface area contributed by atoms with E-state index in [2.05, 4.69) is 10.3 Å². The number of nitrogens with zero attached hydrogens (tertiary/aromatic N) is 1. The number of hydrogen-bond acceptors (Lipinski definition) is 5. The van der Waals surface area contributed by atoms with E-state index in [4.69, 9.17) is 4.74 Å². The zero-order valence-electron chi connectivity index (χ0n) is 17.3. The van der Waals surface area contributed by atoms with Crippen LogP contribution in [-0.2, 0) is 9.53 Å². The number of likely N-dealkylation sites (N-methyl/N-ethyl adjacent to an activating group) is 1. The maximum atomic E-state index is 13.2. The highest BCUT2D eigenvalue weighted by atomic mass is 19.1. The summed E-state index contributed by atoms with van der Waals surface area (Å²) >= 11 is 0. The molecular weight excluding hydrogens is 377 g/mol. The zero-order valence-corrected chi connectivity index (χ0v) is 17.3. The number of ether oxygens (including phenoxy) is 1. The summed E-state index contributed by atoms with van der Waals surface area (Å²) < 4.78 is 18.3. The van der Waals surface area contributed by atoms with E-state index in [0.29, 0.717) is 28.2 Å². The molecule has 0 spiro atoms. The highest BCUT2D eigenvalue weighted by molar-refractivity contribution is 6.04. The molecule has 29 heavy (non-hydrogen) atoms. The van der Waals surface area contributed by atoms with E-state index in [0.717, 1.165) is 0 Å². The summed E-state index contributed by atoms with van der Waals surface area (Å²) in [5.74, 6) is -1.55. The zero-order chi connectivity index (χ0) is 21.7. The number of benzene rings is 1. The fourth-order valence-corrected chi connectivity index (χ4v) is 3.05. The van der Waals surface area contributed by atoms with Crippen molar-refractivity contribution in [2.75, 3.05) is 25.5 Å². The number of amides is 1. The molecule has 2 rings (SSSR count). The van der Waals surface area contributed by atoms with Gasteiger partial charge in [0.25, 0.3) is 0 Å². The van der Waals surface area contributed by atoms with Gasteiger partial charge < -0.3 is 15.0 Å². The molecule has 156 valence electrons. The van der Waals surface area contributed by atoms with Crippen LogP contribution in [0.4, 0.5) is 10.1 Å². The molecule has 8 heteroatoms. The Morgan fingerprint density at radius 1 is 1.28 bits per heavy atom. The number of rotatable bonds is 8. The topological polar surface area (TPSA) is 91.5 Å². The maximum Gasteiger partial charge on any atom is 0.340 e. The molecule has 1 atom stereocenters. The van der Waals surface area contributed by atoms with Crippen molar-refractivity contribution in [3.63, 3.8) is 0 Å². The SMILES string of the molecule is CCOC(=O)c1c(C)[nH]c(C(=O)[C@@H](C)N(C)CC(=O)Nc2cccc(F)c2)c1C. The Kier molecular flexibility index (Phi) is 7.28. The molecule has 1 aromatic carbocycles. The average Bonchev–Trinajstić information content (AvgIpc) is 2.94. The van der Waals surface area contributed by atoms with Crippen LogP contribution in [0.5, 0.6) is 0 Å². The molecule has 1 amide bonds. The summed E-state index contributed by atoms with van der Waals surface area (Å²) in [5.41, 5.74) is 2.10. The second-order valence-electron chi connectivity index (χ2n) is 6.86. The number of carbonyl (C=O) groups is 3. The lowest BCUT2D eigenvalue weighted by molar-refractivity contribution is -0.117. The van der Waals surface area contributed by atoms with Gasteiger partial charge >= 0.3 is 5.97 Å². The number of esters is 1. The molecule has 0 bridgehead atoms. The van der Waals surface area contributed by atoms with Gasteiger partial charge in [-0.2, -0.15) is 0 Å². The summed E-state index contributed by atoms with van der Waals surface area (Å²) in [6, 6.07) is 4.96. The van der Waals surface area contributed by atoms with Gasteiger partial charge in [-0.15, -0.1) is 0 Å². The quantitative estimate of drug-likeness (QED) is 0.522. The van der Waals surface area contributed by atoms with Crippen molar-refractivity contribution >= 4 is 23.3 Å². The maximum absolute atomic E-state index is 13.2. The van der Waals surface area contributed by atoms with Crippen LogP contribution in [0.2, 0.25) is 0 Å². The number of H-pyrrole nitrogens is 1. The molecule has 0 fully saturated rings. The van der Waals surface area contributed by atoms with Crippen LogP contribution in [0.3, 0.4) is 0 Å². The highest BCUT2D eigenvalue weighted by Crippen LogP contribution is 2.21. The van der Waals surface area contributed by atoms with Gasteiger partial charge in [-0.1, -0.05) is 6.07 Å². The molecule has 7 nitrogen and oxygen atoms in total. The third-order valence-corrected chi connectivity index (χ3v) is 4.71. The summed E-state index contributed by atoms with van der Waals surface area (Å²) in [4.78, 5) is 41.8. The van der Waals surface area contributed by atoms with Gasteiger partial charge in [0.1, 0.15) is 5.82 Å². The van der Waals surface area contributed by atoms with Crippen LogP contribution in [0.15, 0.2) is 24.3 Å². The number of aromatic amines is 1. The molecule has 0 aliphatic rings. The number of aryl methyl sites for hydroxylation is 1. The van der Waals surface area contributed by atoms with Crippen molar-refractivity contribution in [1.29, 1.82) is 0 Å². The van der Waals surface area contributed by atoms with Crippen molar-refractivity contribution in [3.8, 4) is 0 Å². The minimum atomic E-state index is -0.625. The Hall–Kier alpha value is -3.00. The van der Waals surface area contributed by atoms with Crippen molar-refractivity contribution in [2.45, 2.75) is 33.7 Å². The van der Waals surface area contributed by atoms with E-state index in [1.807, 2.05) is 0 Å². The van der Waals surface area contributed by atoms with Crippen molar-refractivity contribution in [1.82, 2.24) is 9.88 Å². The first-order chi connectivity index (χ1) is 13.6. The van der Waals surface area contributed by atoms with Crippen LogP contribution in [0.1, 0.15) is 46.0 Å². The Bertz CT molecular complexity index is 923. The van der Waals surface area contributed by atoms with Gasteiger partial charge in [0.2, 0.25) is 5.91 Å². The molecule has 0 aliphatic carbocycles. The lowest BCUT2D eigenvalue weighted by Crippen LogP contribution is -2.41. The standard InChI is InChI=1S/C21H26FN3O4/c1-6-29-21(28)18-12(2)19(23-13(18)3)20(27)14(4)25(5)11-17(26)24-16-9-7-8-15(22)10-16/h7-10,14,23H,6,11H2,1-5H3,(H,24,26)/t14-/m1/s1. The van der Waals surface area contributed by atoms with Crippen LogP contribution in [-0.4, -0.2) is 53.8 Å². The molecule has 2 N–H and O–H groups in total. The van der Waals surface area contributed by atoms with Gasteiger partial charge in [-0.3, -0.25) is 14.5 Å². The van der Waals surface area contributed by atoms with Gasteiger partial charge in [-0.25, -0.2) is 9.18 Å². The molecule has 0 radical (unpaired) electrons. The Balaban J connectivity index is 2.08. The number of carbonyl (C=O) groups excluding carboxylic acids is 3.